The Morgan fingerprint density at radius 1 is 1.05 bits per heavy atom. The molecule has 3 fully saturated rings. The maximum atomic E-state index is 14.0. The van der Waals surface area contributed by atoms with Crippen molar-refractivity contribution in [3.05, 3.63) is 76.3 Å². The molecule has 1 N–H and O–H groups in total. The zero-order chi connectivity index (χ0) is 29.2. The number of ether oxygens (including phenoxy) is 1. The van der Waals surface area contributed by atoms with E-state index in [1.165, 1.54) is 22.3 Å². The van der Waals surface area contributed by atoms with Crippen LogP contribution in [0.3, 0.4) is 0 Å². The van der Waals surface area contributed by atoms with Crippen molar-refractivity contribution in [3.8, 4) is 0 Å². The van der Waals surface area contributed by atoms with Crippen molar-refractivity contribution < 1.29 is 23.8 Å². The summed E-state index contributed by atoms with van der Waals surface area (Å²) in [6, 6.07) is 14.2. The van der Waals surface area contributed by atoms with Crippen LogP contribution in [0.5, 0.6) is 0 Å². The van der Waals surface area contributed by atoms with E-state index in [2.05, 4.69) is 43.0 Å². The Balaban J connectivity index is 1.12. The van der Waals surface area contributed by atoms with Gasteiger partial charge in [-0.3, -0.25) is 19.4 Å². The number of fused-ring (bicyclic) bond motifs is 3. The zero-order valence-corrected chi connectivity index (χ0v) is 25.0. The third-order valence-electron chi connectivity index (χ3n) is 9.79. The smallest absolute Gasteiger partial charge is 0.234 e. The first-order valence-corrected chi connectivity index (χ1v) is 15.8. The number of hydrogen-bond acceptors (Lipinski definition) is 6. The number of aliphatic hydroxyl groups is 1. The molecule has 1 aliphatic carbocycles. The van der Waals surface area contributed by atoms with Gasteiger partial charge in [-0.1, -0.05) is 54.8 Å². The fourth-order valence-corrected chi connectivity index (χ4v) is 7.80. The largest absolute Gasteiger partial charge is 0.459 e. The van der Waals surface area contributed by atoms with Crippen LogP contribution >= 0.6 is 0 Å². The number of amides is 2. The van der Waals surface area contributed by atoms with Gasteiger partial charge in [0.05, 0.1) is 24.5 Å². The number of furan rings is 1. The van der Waals surface area contributed by atoms with Crippen LogP contribution in [0.4, 0.5) is 0 Å². The minimum atomic E-state index is -0.280. The van der Waals surface area contributed by atoms with Gasteiger partial charge in [-0.15, -0.1) is 0 Å². The number of nitrogens with zero attached hydrogens (tertiary/aromatic N) is 2. The van der Waals surface area contributed by atoms with E-state index in [-0.39, 0.29) is 48.3 Å². The van der Waals surface area contributed by atoms with Gasteiger partial charge in [0, 0.05) is 31.6 Å². The Bertz CT molecular complexity index is 1340. The van der Waals surface area contributed by atoms with E-state index in [0.29, 0.717) is 18.8 Å². The van der Waals surface area contributed by atoms with Gasteiger partial charge in [0.15, 0.2) is 0 Å². The molecule has 7 nitrogen and oxygen atoms in total. The second kappa shape index (κ2) is 12.7. The lowest BCUT2D eigenvalue weighted by atomic mass is 9.68. The number of piperidine rings is 1. The van der Waals surface area contributed by atoms with Crippen LogP contribution < -0.4 is 0 Å². The van der Waals surface area contributed by atoms with Crippen LogP contribution in [0.2, 0.25) is 0 Å². The summed E-state index contributed by atoms with van der Waals surface area (Å²) in [7, 11) is 0. The monoisotopic (exact) mass is 572 g/mol. The van der Waals surface area contributed by atoms with Gasteiger partial charge in [-0.25, -0.2) is 0 Å². The number of carbonyl (C=O) groups is 2. The van der Waals surface area contributed by atoms with Crippen LogP contribution in [-0.2, 0) is 27.5 Å². The molecule has 0 spiro atoms. The first-order valence-electron chi connectivity index (χ1n) is 15.8. The highest BCUT2D eigenvalue weighted by Crippen LogP contribution is 2.51. The third-order valence-corrected chi connectivity index (χ3v) is 9.79. The molecule has 0 radical (unpaired) electrons. The Kier molecular flexibility index (Phi) is 8.80. The molecular formula is C35H44N2O5. The molecule has 2 aromatic rings. The van der Waals surface area contributed by atoms with Gasteiger partial charge < -0.3 is 14.3 Å². The molecule has 7 heteroatoms. The highest BCUT2D eigenvalue weighted by molar-refractivity contribution is 6.06. The maximum Gasteiger partial charge on any atom is 0.234 e. The molecule has 2 amide bonds. The fourth-order valence-electron chi connectivity index (χ4n) is 7.80. The summed E-state index contributed by atoms with van der Waals surface area (Å²) in [5.41, 5.74) is 5.15. The standard InChI is InChI=1S/C35H44N2O5/c1-3-7-25-19-29-33(30-22-41-31(32(25)30)13-10-23(2)18-27-11-12-28(21-38)42-27)35(40)37(34(29)39)26-14-16-36(17-15-26)20-24-8-5-4-6-9-24/h4-6,8-9,11-12,18,26,29-31,33,38H,3,7,10,13-17,19-22H2,1-2H3/b23-18+/t29-,30+,31-,33-/m1/s1. The number of allylic oxidation sites excluding steroid dienone is 2. The van der Waals surface area contributed by atoms with Crippen LogP contribution in [0, 0.1) is 17.8 Å². The average Bonchev–Trinajstić information content (AvgIpc) is 3.70. The molecule has 224 valence electrons. The third kappa shape index (κ3) is 5.79. The summed E-state index contributed by atoms with van der Waals surface area (Å²) in [6.45, 7) is 7.41. The average molecular weight is 573 g/mol. The van der Waals surface area contributed by atoms with Gasteiger partial charge in [0.25, 0.3) is 0 Å². The van der Waals surface area contributed by atoms with E-state index in [0.717, 1.165) is 63.9 Å². The van der Waals surface area contributed by atoms with Gasteiger partial charge in [0.1, 0.15) is 18.1 Å². The molecule has 1 aromatic heterocycles. The van der Waals surface area contributed by atoms with Crippen molar-refractivity contribution >= 4 is 17.9 Å². The van der Waals surface area contributed by atoms with E-state index in [9.17, 15) is 14.7 Å². The van der Waals surface area contributed by atoms with E-state index in [4.69, 9.17) is 9.15 Å². The molecule has 4 atom stereocenters. The van der Waals surface area contributed by atoms with Crippen LogP contribution in [-0.4, -0.2) is 58.6 Å². The first-order chi connectivity index (χ1) is 20.5. The molecule has 42 heavy (non-hydrogen) atoms. The van der Waals surface area contributed by atoms with Crippen molar-refractivity contribution in [1.29, 1.82) is 0 Å². The summed E-state index contributed by atoms with van der Waals surface area (Å²) in [5, 5.41) is 9.27. The minimum absolute atomic E-state index is 0.000413. The Labute approximate surface area is 249 Å². The van der Waals surface area contributed by atoms with Crippen molar-refractivity contribution in [3.63, 3.8) is 0 Å². The number of likely N-dealkylation sites (tertiary alicyclic amines) is 2. The second-order valence-corrected chi connectivity index (χ2v) is 12.6. The summed E-state index contributed by atoms with van der Waals surface area (Å²) in [6.07, 6.45) is 8.07. The molecular weight excluding hydrogens is 528 g/mol. The fraction of sp³-hybridized carbons (Fsp3) is 0.543. The molecule has 0 bridgehead atoms. The van der Waals surface area contributed by atoms with Crippen LogP contribution in [0.25, 0.3) is 6.08 Å². The number of benzene rings is 1. The van der Waals surface area contributed by atoms with E-state index in [1.807, 2.05) is 18.2 Å². The van der Waals surface area contributed by atoms with Crippen molar-refractivity contribution in [2.24, 2.45) is 17.8 Å². The summed E-state index contributed by atoms with van der Waals surface area (Å²) in [4.78, 5) is 32.0. The summed E-state index contributed by atoms with van der Waals surface area (Å²) >= 11 is 0. The number of aliphatic hydroxyl groups excluding tert-OH is 1. The van der Waals surface area contributed by atoms with Gasteiger partial charge in [-0.2, -0.15) is 0 Å². The Morgan fingerprint density at radius 2 is 1.83 bits per heavy atom. The second-order valence-electron chi connectivity index (χ2n) is 12.6. The molecule has 6 rings (SSSR count). The van der Waals surface area contributed by atoms with Crippen molar-refractivity contribution in [1.82, 2.24) is 9.80 Å². The number of hydrogen-bond donors (Lipinski definition) is 1. The van der Waals surface area contributed by atoms with Crippen LogP contribution in [0.15, 0.2) is 63.6 Å². The van der Waals surface area contributed by atoms with Gasteiger partial charge in [0.2, 0.25) is 11.8 Å². The predicted octanol–water partition coefficient (Wildman–Crippen LogP) is 5.74. The topological polar surface area (TPSA) is 83.2 Å². The quantitative estimate of drug-likeness (QED) is 0.289. The summed E-state index contributed by atoms with van der Waals surface area (Å²) < 4.78 is 12.0. The molecule has 0 saturated carbocycles. The lowest BCUT2D eigenvalue weighted by Gasteiger charge is -2.36. The Hall–Kier alpha value is -3.00. The van der Waals surface area contributed by atoms with Gasteiger partial charge in [-0.05, 0) is 74.8 Å². The maximum absolute atomic E-state index is 14.0. The summed E-state index contributed by atoms with van der Waals surface area (Å²) in [5.74, 6) is 0.899. The molecule has 3 saturated heterocycles. The highest BCUT2D eigenvalue weighted by Gasteiger charge is 2.58. The predicted molar refractivity (Wildman–Crippen MR) is 161 cm³/mol. The van der Waals surface area contributed by atoms with Gasteiger partial charge >= 0.3 is 0 Å². The molecule has 3 aliphatic heterocycles. The zero-order valence-electron chi connectivity index (χ0n) is 25.0. The van der Waals surface area contributed by atoms with Crippen molar-refractivity contribution in [2.45, 2.75) is 84.1 Å². The number of carbonyl (C=O) groups excluding carboxylic acids is 2. The lowest BCUT2D eigenvalue weighted by molar-refractivity contribution is -0.144. The normalized spacial score (nSPS) is 27.2. The Morgan fingerprint density at radius 3 is 2.55 bits per heavy atom. The van der Waals surface area contributed by atoms with Crippen LogP contribution in [0.1, 0.15) is 75.9 Å². The molecule has 4 aliphatic rings. The molecule has 0 unspecified atom stereocenters. The van der Waals surface area contributed by atoms with Crippen molar-refractivity contribution in [2.75, 3.05) is 19.7 Å². The minimum Gasteiger partial charge on any atom is -0.459 e. The first kappa shape index (κ1) is 29.1. The molecule has 4 heterocycles. The van der Waals surface area contributed by atoms with E-state index in [1.54, 1.807) is 11.0 Å². The van der Waals surface area contributed by atoms with E-state index >= 15 is 0 Å². The lowest BCUT2D eigenvalue weighted by Crippen LogP contribution is -2.47. The van der Waals surface area contributed by atoms with E-state index < -0.39 is 0 Å². The SMILES string of the molecule is CCCC1=C2[C@@H](CC/C(C)=C/c3ccc(CO)o3)OC[C@@H]2[C@@H]2C(=O)N(C3CCN(Cc4ccccc4)CC3)C(=O)[C@@H]2C1. The number of rotatable bonds is 10. The highest BCUT2D eigenvalue weighted by atomic mass is 16.5. The number of imide groups is 1. The molecule has 1 aromatic carbocycles.